The third-order valence-electron chi connectivity index (χ3n) is 3.79. The lowest BCUT2D eigenvalue weighted by Gasteiger charge is -2.47. The minimum absolute atomic E-state index is 0.0525. The summed E-state index contributed by atoms with van der Waals surface area (Å²) in [5.74, 6) is -0.999. The smallest absolute Gasteiger partial charge is 0.410 e. The normalized spacial score (nSPS) is 16.4. The van der Waals surface area contributed by atoms with Crippen LogP contribution < -0.4 is 5.32 Å². The highest BCUT2D eigenvalue weighted by molar-refractivity contribution is 5.84. The molecular weight excluding hydrogens is 312 g/mol. The van der Waals surface area contributed by atoms with Gasteiger partial charge in [0.2, 0.25) is 0 Å². The van der Waals surface area contributed by atoms with Gasteiger partial charge in [0.15, 0.2) is 5.54 Å². The molecule has 1 aromatic rings. The zero-order valence-electron chi connectivity index (χ0n) is 14.2. The van der Waals surface area contributed by atoms with E-state index in [9.17, 15) is 14.7 Å². The largest absolute Gasteiger partial charge is 0.480 e. The van der Waals surface area contributed by atoms with E-state index in [2.05, 4.69) is 5.32 Å². The number of aliphatic hydroxyl groups excluding tert-OH is 1. The van der Waals surface area contributed by atoms with Crippen molar-refractivity contribution in [3.63, 3.8) is 0 Å². The first-order chi connectivity index (χ1) is 11.1. The van der Waals surface area contributed by atoms with E-state index in [0.717, 1.165) is 11.1 Å². The average Bonchev–Trinajstić information content (AvgIpc) is 2.44. The van der Waals surface area contributed by atoms with Crippen molar-refractivity contribution < 1.29 is 24.5 Å². The van der Waals surface area contributed by atoms with Crippen LogP contribution in [0.15, 0.2) is 24.3 Å². The number of rotatable bonds is 5. The zero-order chi connectivity index (χ0) is 18.0. The number of amides is 1. The van der Waals surface area contributed by atoms with E-state index < -0.39 is 23.2 Å². The van der Waals surface area contributed by atoms with Crippen LogP contribution in [0.25, 0.3) is 0 Å². The van der Waals surface area contributed by atoms with Crippen molar-refractivity contribution >= 4 is 12.1 Å². The Morgan fingerprint density at radius 2 is 1.92 bits per heavy atom. The Kier molecular flexibility index (Phi) is 5.15. The monoisotopic (exact) mass is 336 g/mol. The van der Waals surface area contributed by atoms with Gasteiger partial charge in [0.25, 0.3) is 0 Å². The van der Waals surface area contributed by atoms with Crippen LogP contribution in [0.2, 0.25) is 0 Å². The molecule has 7 heteroatoms. The molecule has 1 heterocycles. The van der Waals surface area contributed by atoms with Crippen molar-refractivity contribution in [1.82, 2.24) is 10.2 Å². The third-order valence-corrected chi connectivity index (χ3v) is 3.79. The Labute approximate surface area is 141 Å². The number of hydrogen-bond donors (Lipinski definition) is 3. The summed E-state index contributed by atoms with van der Waals surface area (Å²) in [5.41, 5.74) is -0.149. The second kappa shape index (κ2) is 6.78. The molecule has 0 bridgehead atoms. The molecule has 1 amide bonds. The van der Waals surface area contributed by atoms with E-state index in [4.69, 9.17) is 9.84 Å². The predicted octanol–water partition coefficient (Wildman–Crippen LogP) is 1.34. The maximum Gasteiger partial charge on any atom is 0.410 e. The highest BCUT2D eigenvalue weighted by Gasteiger charge is 2.52. The van der Waals surface area contributed by atoms with Gasteiger partial charge in [-0.05, 0) is 31.9 Å². The molecule has 1 fully saturated rings. The van der Waals surface area contributed by atoms with Crippen molar-refractivity contribution in [1.29, 1.82) is 0 Å². The fraction of sp³-hybridized carbons (Fsp3) is 0.529. The highest BCUT2D eigenvalue weighted by Crippen LogP contribution is 2.24. The van der Waals surface area contributed by atoms with Crippen molar-refractivity contribution in [2.45, 2.75) is 45.1 Å². The first kappa shape index (κ1) is 18.2. The Morgan fingerprint density at radius 1 is 1.29 bits per heavy atom. The van der Waals surface area contributed by atoms with Crippen LogP contribution in [0, 0.1) is 0 Å². The number of carboxylic acids is 1. The van der Waals surface area contributed by atoms with Crippen molar-refractivity contribution in [2.24, 2.45) is 0 Å². The van der Waals surface area contributed by atoms with Gasteiger partial charge >= 0.3 is 12.1 Å². The lowest BCUT2D eigenvalue weighted by molar-refractivity contribution is -0.152. The second-order valence-electron chi connectivity index (χ2n) is 7.06. The molecule has 0 spiro atoms. The first-order valence-electron chi connectivity index (χ1n) is 7.80. The van der Waals surface area contributed by atoms with Crippen molar-refractivity contribution in [3.8, 4) is 0 Å². The van der Waals surface area contributed by atoms with Gasteiger partial charge < -0.3 is 19.8 Å². The van der Waals surface area contributed by atoms with E-state index >= 15 is 0 Å². The quantitative estimate of drug-likeness (QED) is 0.750. The van der Waals surface area contributed by atoms with Crippen LogP contribution in [0.4, 0.5) is 4.79 Å². The maximum absolute atomic E-state index is 12.0. The number of carboxylic acid groups (broad SMARTS) is 1. The van der Waals surface area contributed by atoms with Crippen molar-refractivity contribution in [2.75, 3.05) is 13.1 Å². The van der Waals surface area contributed by atoms with Gasteiger partial charge in [0, 0.05) is 6.54 Å². The van der Waals surface area contributed by atoms with E-state index in [1.807, 2.05) is 18.2 Å². The maximum atomic E-state index is 12.0. The van der Waals surface area contributed by atoms with Gasteiger partial charge in [-0.15, -0.1) is 0 Å². The number of likely N-dealkylation sites (tertiary alicyclic amines) is 1. The molecule has 3 N–H and O–H groups in total. The number of carbonyl (C=O) groups is 2. The van der Waals surface area contributed by atoms with Crippen molar-refractivity contribution in [3.05, 3.63) is 35.4 Å². The molecule has 0 saturated carbocycles. The molecule has 1 saturated heterocycles. The molecule has 1 aromatic carbocycles. The van der Waals surface area contributed by atoms with Crippen LogP contribution in [-0.4, -0.2) is 51.4 Å². The summed E-state index contributed by atoms with van der Waals surface area (Å²) >= 11 is 0. The van der Waals surface area contributed by atoms with Gasteiger partial charge in [-0.25, -0.2) is 4.79 Å². The van der Waals surface area contributed by atoms with Gasteiger partial charge in [0.05, 0.1) is 19.7 Å². The first-order valence-corrected chi connectivity index (χ1v) is 7.80. The number of benzene rings is 1. The van der Waals surface area contributed by atoms with Crippen LogP contribution >= 0.6 is 0 Å². The number of aliphatic carboxylic acids is 1. The van der Waals surface area contributed by atoms with Crippen LogP contribution in [0.1, 0.15) is 31.9 Å². The van der Waals surface area contributed by atoms with E-state index in [1.165, 1.54) is 4.90 Å². The molecule has 24 heavy (non-hydrogen) atoms. The Morgan fingerprint density at radius 3 is 2.46 bits per heavy atom. The molecule has 0 atom stereocenters. The number of hydrogen-bond acceptors (Lipinski definition) is 5. The Hall–Kier alpha value is -2.12. The number of nitrogens with zero attached hydrogens (tertiary/aromatic N) is 1. The zero-order valence-corrected chi connectivity index (χ0v) is 14.2. The number of carbonyl (C=O) groups excluding carboxylic acids is 1. The van der Waals surface area contributed by atoms with E-state index in [-0.39, 0.29) is 19.7 Å². The molecule has 0 aromatic heterocycles. The number of aliphatic hydroxyl groups is 1. The second-order valence-corrected chi connectivity index (χ2v) is 7.06. The third kappa shape index (κ3) is 4.24. The Balaban J connectivity index is 1.96. The fourth-order valence-corrected chi connectivity index (χ4v) is 2.49. The van der Waals surface area contributed by atoms with Crippen LogP contribution in [-0.2, 0) is 22.7 Å². The predicted molar refractivity (Wildman–Crippen MR) is 87.4 cm³/mol. The molecular formula is C17H24N2O5. The molecule has 1 aliphatic heterocycles. The minimum atomic E-state index is -1.17. The molecule has 7 nitrogen and oxygen atoms in total. The van der Waals surface area contributed by atoms with E-state index in [1.54, 1.807) is 26.8 Å². The summed E-state index contributed by atoms with van der Waals surface area (Å²) in [6.45, 7) is 5.67. The Bertz CT molecular complexity index is 618. The SMILES string of the molecule is CC(C)(C)OC(=O)N1CC(NCc2cccc(CO)c2)(C(=O)O)C1. The molecule has 0 radical (unpaired) electrons. The van der Waals surface area contributed by atoms with Gasteiger partial charge in [-0.1, -0.05) is 24.3 Å². The summed E-state index contributed by atoms with van der Waals surface area (Å²) in [7, 11) is 0. The minimum Gasteiger partial charge on any atom is -0.480 e. The van der Waals surface area contributed by atoms with E-state index in [0.29, 0.717) is 6.54 Å². The lowest BCUT2D eigenvalue weighted by Crippen LogP contribution is -2.74. The van der Waals surface area contributed by atoms with Gasteiger partial charge in [0.1, 0.15) is 5.60 Å². The van der Waals surface area contributed by atoms with Crippen LogP contribution in [0.3, 0.4) is 0 Å². The molecule has 1 aliphatic rings. The van der Waals surface area contributed by atoms with Crippen LogP contribution in [0.5, 0.6) is 0 Å². The summed E-state index contributed by atoms with van der Waals surface area (Å²) in [6.07, 6.45) is -0.511. The number of ether oxygens (including phenoxy) is 1. The highest BCUT2D eigenvalue weighted by atomic mass is 16.6. The fourth-order valence-electron chi connectivity index (χ4n) is 2.49. The number of nitrogens with one attached hydrogen (secondary N) is 1. The molecule has 2 rings (SSSR count). The summed E-state index contributed by atoms with van der Waals surface area (Å²) in [5, 5.41) is 21.7. The standard InChI is InChI=1S/C17H24N2O5/c1-16(2,3)24-15(23)19-10-17(11-19,14(21)22)18-8-12-5-4-6-13(7-12)9-20/h4-7,18,20H,8-11H2,1-3H3,(H,21,22). The topological polar surface area (TPSA) is 99.1 Å². The summed E-state index contributed by atoms with van der Waals surface area (Å²) < 4.78 is 5.25. The molecule has 0 aliphatic carbocycles. The summed E-state index contributed by atoms with van der Waals surface area (Å²) in [6, 6.07) is 7.27. The van der Waals surface area contributed by atoms with Gasteiger partial charge in [-0.3, -0.25) is 10.1 Å². The molecule has 132 valence electrons. The molecule has 0 unspecified atom stereocenters. The average molecular weight is 336 g/mol. The summed E-state index contributed by atoms with van der Waals surface area (Å²) in [4.78, 5) is 25.0. The van der Waals surface area contributed by atoms with Gasteiger partial charge in [-0.2, -0.15) is 0 Å². The lowest BCUT2D eigenvalue weighted by atomic mass is 9.90.